The van der Waals surface area contributed by atoms with Crippen molar-refractivity contribution in [1.82, 2.24) is 10.7 Å². The number of halogens is 1. The van der Waals surface area contributed by atoms with Crippen LogP contribution >= 0.6 is 11.6 Å². The van der Waals surface area contributed by atoms with Gasteiger partial charge < -0.3 is 15.4 Å². The molecule has 3 rings (SSSR count). The summed E-state index contributed by atoms with van der Waals surface area (Å²) < 4.78 is 5.45. The normalized spacial score (nSPS) is 13.7. The maximum atomic E-state index is 12.0. The molecule has 1 aliphatic carbocycles. The summed E-state index contributed by atoms with van der Waals surface area (Å²) in [5, 5.41) is 9.71. The van der Waals surface area contributed by atoms with Crippen molar-refractivity contribution in [2.75, 3.05) is 11.9 Å². The van der Waals surface area contributed by atoms with Crippen LogP contribution < -0.4 is 20.8 Å². The molecule has 2 aromatic rings. The van der Waals surface area contributed by atoms with Gasteiger partial charge in [0.2, 0.25) is 0 Å². The average molecular weight is 443 g/mol. The van der Waals surface area contributed by atoms with Gasteiger partial charge in [-0.05, 0) is 60.9 Å². The molecule has 0 aliphatic heterocycles. The summed E-state index contributed by atoms with van der Waals surface area (Å²) in [5.74, 6) is -1.29. The van der Waals surface area contributed by atoms with Gasteiger partial charge in [0.1, 0.15) is 5.75 Å². The average Bonchev–Trinajstić information content (AvgIpc) is 3.26. The molecule has 9 heteroatoms. The van der Waals surface area contributed by atoms with E-state index in [0.29, 0.717) is 22.0 Å². The van der Waals surface area contributed by atoms with Crippen LogP contribution in [0.2, 0.25) is 5.02 Å². The van der Waals surface area contributed by atoms with Crippen LogP contribution in [0.15, 0.2) is 53.6 Å². The summed E-state index contributed by atoms with van der Waals surface area (Å²) in [6.45, 7) is -0.161. The second-order valence-corrected chi connectivity index (χ2v) is 7.51. The summed E-state index contributed by atoms with van der Waals surface area (Å²) in [6, 6.07) is 13.7. The summed E-state index contributed by atoms with van der Waals surface area (Å²) in [7, 11) is 0. The first-order valence-corrected chi connectivity index (χ1v) is 10.3. The van der Waals surface area contributed by atoms with Crippen molar-refractivity contribution in [1.29, 1.82) is 0 Å². The van der Waals surface area contributed by atoms with E-state index in [1.165, 1.54) is 6.21 Å². The fraction of sp³-hybridized carbons (Fsp3) is 0.273. The Morgan fingerprint density at radius 3 is 2.52 bits per heavy atom. The Hall–Kier alpha value is -3.39. The van der Waals surface area contributed by atoms with Gasteiger partial charge in [-0.1, -0.05) is 30.5 Å². The predicted molar refractivity (Wildman–Crippen MR) is 118 cm³/mol. The lowest BCUT2D eigenvalue weighted by molar-refractivity contribution is -0.139. The highest BCUT2D eigenvalue weighted by atomic mass is 35.5. The zero-order chi connectivity index (χ0) is 22.1. The van der Waals surface area contributed by atoms with E-state index in [1.807, 2.05) is 0 Å². The summed E-state index contributed by atoms with van der Waals surface area (Å²) in [4.78, 5) is 35.5. The van der Waals surface area contributed by atoms with Gasteiger partial charge in [-0.25, -0.2) is 5.43 Å². The van der Waals surface area contributed by atoms with E-state index in [9.17, 15) is 14.4 Å². The Balaban J connectivity index is 1.40. The van der Waals surface area contributed by atoms with Crippen molar-refractivity contribution in [3.05, 3.63) is 59.1 Å². The van der Waals surface area contributed by atoms with Crippen LogP contribution in [0.25, 0.3) is 0 Å². The van der Waals surface area contributed by atoms with E-state index >= 15 is 0 Å². The molecule has 0 saturated heterocycles. The first-order valence-electron chi connectivity index (χ1n) is 9.92. The van der Waals surface area contributed by atoms with Crippen LogP contribution in [0.4, 0.5) is 5.69 Å². The molecule has 31 heavy (non-hydrogen) atoms. The predicted octanol–water partition coefficient (Wildman–Crippen LogP) is 2.87. The van der Waals surface area contributed by atoms with Gasteiger partial charge in [0.15, 0.2) is 6.61 Å². The van der Waals surface area contributed by atoms with Crippen molar-refractivity contribution in [3.63, 3.8) is 0 Å². The Bertz CT molecular complexity index is 956. The molecule has 0 unspecified atom stereocenters. The fourth-order valence-electron chi connectivity index (χ4n) is 3.10. The smallest absolute Gasteiger partial charge is 0.329 e. The molecule has 8 nitrogen and oxygen atoms in total. The first-order chi connectivity index (χ1) is 15.0. The van der Waals surface area contributed by atoms with E-state index < -0.39 is 11.8 Å². The van der Waals surface area contributed by atoms with Crippen LogP contribution in [0.1, 0.15) is 31.2 Å². The van der Waals surface area contributed by atoms with Crippen LogP contribution in [0, 0.1) is 0 Å². The van der Waals surface area contributed by atoms with E-state index in [4.69, 9.17) is 16.3 Å². The van der Waals surface area contributed by atoms with Crippen molar-refractivity contribution in [2.45, 2.75) is 31.7 Å². The number of carbonyl (C=O) groups is 3. The van der Waals surface area contributed by atoms with Crippen molar-refractivity contribution in [2.24, 2.45) is 5.10 Å². The lowest BCUT2D eigenvalue weighted by Crippen LogP contribution is -2.42. The maximum Gasteiger partial charge on any atom is 0.329 e. The third kappa shape index (κ3) is 7.42. The Labute approximate surface area is 185 Å². The van der Waals surface area contributed by atoms with Gasteiger partial charge >= 0.3 is 11.8 Å². The number of amides is 3. The van der Waals surface area contributed by atoms with Gasteiger partial charge in [0.05, 0.1) is 6.21 Å². The number of benzene rings is 2. The third-order valence-electron chi connectivity index (χ3n) is 4.63. The first kappa shape index (κ1) is 22.3. The topological polar surface area (TPSA) is 109 Å². The minimum absolute atomic E-state index is 0.0716. The number of carbonyl (C=O) groups excluding carboxylic acids is 3. The molecule has 1 aliphatic rings. The molecule has 1 saturated carbocycles. The van der Waals surface area contributed by atoms with Crippen LogP contribution in [0.5, 0.6) is 5.75 Å². The number of nitrogens with zero attached hydrogens (tertiary/aromatic N) is 1. The number of hydrazone groups is 1. The molecule has 162 valence electrons. The maximum absolute atomic E-state index is 12.0. The van der Waals surface area contributed by atoms with Crippen LogP contribution in [0.3, 0.4) is 0 Å². The van der Waals surface area contributed by atoms with Gasteiger partial charge in [-0.3, -0.25) is 14.4 Å². The van der Waals surface area contributed by atoms with E-state index in [-0.39, 0.29) is 18.6 Å². The standard InChI is InChI=1S/C22H23ClN4O4/c23-16-4-3-7-18(12-16)25-20(28)14-31-19-10-8-15(9-11-19)13-24-27-22(30)21(29)26-17-5-1-2-6-17/h3-4,7-13,17H,1-2,5-6,14H2,(H,25,28)(H,26,29)(H,27,30)/b24-13-. The molecular formula is C22H23ClN4O4. The fourth-order valence-corrected chi connectivity index (χ4v) is 3.29. The molecule has 3 amide bonds. The number of hydrogen-bond acceptors (Lipinski definition) is 5. The van der Waals surface area contributed by atoms with E-state index in [0.717, 1.165) is 25.7 Å². The molecular weight excluding hydrogens is 420 g/mol. The number of hydrogen-bond donors (Lipinski definition) is 3. The van der Waals surface area contributed by atoms with Gasteiger partial charge in [0, 0.05) is 16.8 Å². The molecule has 0 bridgehead atoms. The number of nitrogens with one attached hydrogen (secondary N) is 3. The molecule has 0 spiro atoms. The highest BCUT2D eigenvalue weighted by molar-refractivity contribution is 6.35. The SMILES string of the molecule is O=C(COc1ccc(/C=N\NC(=O)C(=O)NC2CCCC2)cc1)Nc1cccc(Cl)c1. The zero-order valence-corrected chi connectivity index (χ0v) is 17.5. The molecule has 3 N–H and O–H groups in total. The Morgan fingerprint density at radius 1 is 1.06 bits per heavy atom. The largest absolute Gasteiger partial charge is 0.484 e. The quantitative estimate of drug-likeness (QED) is 0.348. The number of anilines is 1. The van der Waals surface area contributed by atoms with E-state index in [2.05, 4.69) is 21.2 Å². The lowest BCUT2D eigenvalue weighted by Gasteiger charge is -2.10. The highest BCUT2D eigenvalue weighted by Crippen LogP contribution is 2.17. The van der Waals surface area contributed by atoms with E-state index in [1.54, 1.807) is 48.5 Å². The molecule has 0 heterocycles. The molecule has 1 fully saturated rings. The Kier molecular flexibility index (Phi) is 8.00. The molecule has 0 aromatic heterocycles. The van der Waals surface area contributed by atoms with Crippen LogP contribution in [-0.4, -0.2) is 36.6 Å². The van der Waals surface area contributed by atoms with Gasteiger partial charge in [-0.2, -0.15) is 5.10 Å². The van der Waals surface area contributed by atoms with Crippen LogP contribution in [-0.2, 0) is 14.4 Å². The van der Waals surface area contributed by atoms with Gasteiger partial charge in [0.25, 0.3) is 5.91 Å². The minimum atomic E-state index is -0.797. The monoisotopic (exact) mass is 442 g/mol. The van der Waals surface area contributed by atoms with Crippen molar-refractivity contribution in [3.8, 4) is 5.75 Å². The second-order valence-electron chi connectivity index (χ2n) is 7.07. The second kappa shape index (κ2) is 11.1. The molecule has 0 radical (unpaired) electrons. The number of rotatable bonds is 7. The Morgan fingerprint density at radius 2 is 1.81 bits per heavy atom. The lowest BCUT2D eigenvalue weighted by atomic mass is 10.2. The minimum Gasteiger partial charge on any atom is -0.484 e. The third-order valence-corrected chi connectivity index (χ3v) is 4.87. The summed E-state index contributed by atoms with van der Waals surface area (Å²) in [5.41, 5.74) is 3.49. The highest BCUT2D eigenvalue weighted by Gasteiger charge is 2.20. The molecule has 0 atom stereocenters. The number of ether oxygens (including phenoxy) is 1. The zero-order valence-electron chi connectivity index (χ0n) is 16.8. The molecule has 2 aromatic carbocycles. The van der Waals surface area contributed by atoms with Crippen molar-refractivity contribution >= 4 is 41.2 Å². The van der Waals surface area contributed by atoms with Crippen molar-refractivity contribution < 1.29 is 19.1 Å². The summed E-state index contributed by atoms with van der Waals surface area (Å²) in [6.07, 6.45) is 5.35. The summed E-state index contributed by atoms with van der Waals surface area (Å²) >= 11 is 5.88. The van der Waals surface area contributed by atoms with Gasteiger partial charge in [-0.15, -0.1) is 0 Å².